The molecule has 1 amide bonds. The van der Waals surface area contributed by atoms with Crippen molar-refractivity contribution in [1.29, 1.82) is 0 Å². The molecule has 2 aromatic carbocycles. The van der Waals surface area contributed by atoms with Gasteiger partial charge in [-0.1, -0.05) is 42.5 Å². The Labute approximate surface area is 194 Å². The molecular formula is C27H29N5O. The fourth-order valence-electron chi connectivity index (χ4n) is 4.51. The largest absolute Gasteiger partial charge is 0.354 e. The minimum absolute atomic E-state index is 0.0494. The van der Waals surface area contributed by atoms with Crippen LogP contribution < -0.4 is 10.2 Å². The number of piperidine rings is 1. The zero-order valence-corrected chi connectivity index (χ0v) is 19.2. The molecule has 1 aliphatic rings. The van der Waals surface area contributed by atoms with Gasteiger partial charge in [0.05, 0.1) is 11.6 Å². The van der Waals surface area contributed by atoms with Gasteiger partial charge in [0.25, 0.3) is 0 Å². The lowest BCUT2D eigenvalue weighted by Gasteiger charge is -2.33. The summed E-state index contributed by atoms with van der Waals surface area (Å²) in [5.41, 5.74) is 6.64. The second-order valence-corrected chi connectivity index (χ2v) is 8.90. The van der Waals surface area contributed by atoms with Crippen LogP contribution in [-0.4, -0.2) is 33.6 Å². The second kappa shape index (κ2) is 9.06. The summed E-state index contributed by atoms with van der Waals surface area (Å²) in [4.78, 5) is 19.8. The highest BCUT2D eigenvalue weighted by Crippen LogP contribution is 2.29. The number of amides is 1. The van der Waals surface area contributed by atoms with Crippen molar-refractivity contribution in [1.82, 2.24) is 19.9 Å². The number of anilines is 1. The molecule has 1 N–H and O–H groups in total. The Kier molecular flexibility index (Phi) is 5.82. The molecule has 1 saturated heterocycles. The Morgan fingerprint density at radius 3 is 2.76 bits per heavy atom. The number of hydrogen-bond donors (Lipinski definition) is 1. The van der Waals surface area contributed by atoms with Crippen molar-refractivity contribution in [2.24, 2.45) is 5.92 Å². The van der Waals surface area contributed by atoms with E-state index in [2.05, 4.69) is 53.3 Å². The molecule has 0 aliphatic carbocycles. The number of aryl methyl sites for hydroxylation is 2. The van der Waals surface area contributed by atoms with Crippen LogP contribution in [0.3, 0.4) is 0 Å². The molecule has 1 unspecified atom stereocenters. The topological polar surface area (TPSA) is 62.5 Å². The van der Waals surface area contributed by atoms with Gasteiger partial charge in [-0.05, 0) is 55.5 Å². The lowest BCUT2D eigenvalue weighted by molar-refractivity contribution is -0.125. The normalized spacial score (nSPS) is 16.2. The van der Waals surface area contributed by atoms with Crippen LogP contribution in [0.15, 0.2) is 67.0 Å². The van der Waals surface area contributed by atoms with Crippen molar-refractivity contribution in [2.75, 3.05) is 18.0 Å². The standard InChI is InChI=1S/C27H29N5O/c1-19-10-11-22(15-20(19)2)24-16-25-26(28-12-14-32(25)30-24)31-13-6-9-23(18-31)27(33)29-17-21-7-4-3-5-8-21/h3-5,7-8,10-12,14-16,23H,6,9,13,17-18H2,1-2H3,(H,29,33). The van der Waals surface area contributed by atoms with Crippen molar-refractivity contribution in [2.45, 2.75) is 33.2 Å². The molecule has 1 aliphatic heterocycles. The number of carbonyl (C=O) groups excluding carboxylic acids is 1. The maximum Gasteiger partial charge on any atom is 0.225 e. The van der Waals surface area contributed by atoms with Crippen LogP contribution >= 0.6 is 0 Å². The van der Waals surface area contributed by atoms with Crippen molar-refractivity contribution in [3.8, 4) is 11.3 Å². The van der Waals surface area contributed by atoms with Crippen LogP contribution in [0.5, 0.6) is 0 Å². The molecule has 0 spiro atoms. The Hall–Kier alpha value is -3.67. The SMILES string of the molecule is Cc1ccc(-c2cc3c(N4CCCC(C(=O)NCc5ccccc5)C4)nccn3n2)cc1C. The van der Waals surface area contributed by atoms with Crippen LogP contribution in [0.2, 0.25) is 0 Å². The van der Waals surface area contributed by atoms with E-state index in [1.54, 1.807) is 6.20 Å². The average Bonchev–Trinajstić information content (AvgIpc) is 3.29. The van der Waals surface area contributed by atoms with Crippen molar-refractivity contribution < 1.29 is 4.79 Å². The van der Waals surface area contributed by atoms with Crippen LogP contribution in [-0.2, 0) is 11.3 Å². The number of rotatable bonds is 5. The fourth-order valence-corrected chi connectivity index (χ4v) is 4.51. The molecular weight excluding hydrogens is 410 g/mol. The minimum Gasteiger partial charge on any atom is -0.354 e. The Morgan fingerprint density at radius 1 is 1.09 bits per heavy atom. The van der Waals surface area contributed by atoms with Gasteiger partial charge in [-0.15, -0.1) is 0 Å². The summed E-state index contributed by atoms with van der Waals surface area (Å²) >= 11 is 0. The molecule has 168 valence electrons. The molecule has 5 rings (SSSR count). The van der Waals surface area contributed by atoms with Crippen LogP contribution in [0, 0.1) is 19.8 Å². The minimum atomic E-state index is -0.0494. The third kappa shape index (κ3) is 4.46. The smallest absolute Gasteiger partial charge is 0.225 e. The first kappa shape index (κ1) is 21.2. The second-order valence-electron chi connectivity index (χ2n) is 8.90. The first-order valence-electron chi connectivity index (χ1n) is 11.6. The van der Waals surface area contributed by atoms with Gasteiger partial charge in [0.15, 0.2) is 5.82 Å². The van der Waals surface area contributed by atoms with E-state index in [9.17, 15) is 4.79 Å². The molecule has 6 nitrogen and oxygen atoms in total. The summed E-state index contributed by atoms with van der Waals surface area (Å²) in [5.74, 6) is 0.951. The molecule has 1 fully saturated rings. The Bertz CT molecular complexity index is 1280. The van der Waals surface area contributed by atoms with Crippen molar-refractivity contribution in [3.63, 3.8) is 0 Å². The summed E-state index contributed by atoms with van der Waals surface area (Å²) in [6, 6.07) is 18.6. The van der Waals surface area contributed by atoms with E-state index in [0.29, 0.717) is 13.1 Å². The predicted molar refractivity (Wildman–Crippen MR) is 131 cm³/mol. The molecule has 0 saturated carbocycles. The Morgan fingerprint density at radius 2 is 1.94 bits per heavy atom. The van der Waals surface area contributed by atoms with E-state index < -0.39 is 0 Å². The zero-order chi connectivity index (χ0) is 22.8. The number of nitrogens with one attached hydrogen (secondary N) is 1. The number of benzene rings is 2. The van der Waals surface area contributed by atoms with Gasteiger partial charge < -0.3 is 10.2 Å². The highest BCUT2D eigenvalue weighted by molar-refractivity contribution is 5.81. The first-order chi connectivity index (χ1) is 16.1. The van der Waals surface area contributed by atoms with Crippen molar-refractivity contribution >= 4 is 17.2 Å². The molecule has 6 heteroatoms. The number of hydrogen-bond acceptors (Lipinski definition) is 4. The van der Waals surface area contributed by atoms with Crippen molar-refractivity contribution in [3.05, 3.63) is 83.7 Å². The molecule has 1 atom stereocenters. The lowest BCUT2D eigenvalue weighted by Crippen LogP contribution is -2.43. The van der Waals surface area contributed by atoms with E-state index in [1.807, 2.05) is 41.0 Å². The molecule has 2 aromatic heterocycles. The van der Waals surface area contributed by atoms with E-state index in [-0.39, 0.29) is 11.8 Å². The van der Waals surface area contributed by atoms with E-state index in [1.165, 1.54) is 11.1 Å². The van der Waals surface area contributed by atoms with Gasteiger partial charge >= 0.3 is 0 Å². The number of nitrogens with zero attached hydrogens (tertiary/aromatic N) is 4. The summed E-state index contributed by atoms with van der Waals surface area (Å²) in [6.07, 6.45) is 5.54. The summed E-state index contributed by atoms with van der Waals surface area (Å²) < 4.78 is 1.89. The quantitative estimate of drug-likeness (QED) is 0.496. The van der Waals surface area contributed by atoms with E-state index >= 15 is 0 Å². The summed E-state index contributed by atoms with van der Waals surface area (Å²) in [7, 11) is 0. The average molecular weight is 440 g/mol. The predicted octanol–water partition coefficient (Wildman–Crippen LogP) is 4.55. The third-order valence-corrected chi connectivity index (χ3v) is 6.57. The van der Waals surface area contributed by atoms with Gasteiger partial charge in [-0.2, -0.15) is 5.10 Å². The van der Waals surface area contributed by atoms with E-state index in [4.69, 9.17) is 5.10 Å². The molecule has 33 heavy (non-hydrogen) atoms. The number of fused-ring (bicyclic) bond motifs is 1. The number of aromatic nitrogens is 3. The van der Waals surface area contributed by atoms with Crippen LogP contribution in [0.25, 0.3) is 16.8 Å². The number of carbonyl (C=O) groups is 1. The first-order valence-corrected chi connectivity index (χ1v) is 11.6. The van der Waals surface area contributed by atoms with Gasteiger partial charge in [0.2, 0.25) is 5.91 Å². The highest BCUT2D eigenvalue weighted by atomic mass is 16.1. The summed E-state index contributed by atoms with van der Waals surface area (Å²) in [6.45, 7) is 6.36. The van der Waals surface area contributed by atoms with Crippen LogP contribution in [0.4, 0.5) is 5.82 Å². The maximum atomic E-state index is 12.9. The molecule has 3 heterocycles. The lowest BCUT2D eigenvalue weighted by atomic mass is 9.97. The Balaban J connectivity index is 1.35. The fraction of sp³-hybridized carbons (Fsp3) is 0.296. The molecule has 4 aromatic rings. The van der Waals surface area contributed by atoms with Gasteiger partial charge in [-0.3, -0.25) is 4.79 Å². The van der Waals surface area contributed by atoms with Gasteiger partial charge in [-0.25, -0.2) is 9.50 Å². The summed E-state index contributed by atoms with van der Waals surface area (Å²) in [5, 5.41) is 7.91. The van der Waals surface area contributed by atoms with Gasteiger partial charge in [0, 0.05) is 37.6 Å². The van der Waals surface area contributed by atoms with Gasteiger partial charge in [0.1, 0.15) is 5.52 Å². The highest BCUT2D eigenvalue weighted by Gasteiger charge is 2.27. The zero-order valence-electron chi connectivity index (χ0n) is 19.2. The monoisotopic (exact) mass is 439 g/mol. The van der Waals surface area contributed by atoms with E-state index in [0.717, 1.165) is 47.5 Å². The third-order valence-electron chi connectivity index (χ3n) is 6.57. The maximum absolute atomic E-state index is 12.9. The molecule has 0 radical (unpaired) electrons. The molecule has 0 bridgehead atoms. The van der Waals surface area contributed by atoms with Crippen LogP contribution in [0.1, 0.15) is 29.5 Å².